The van der Waals surface area contributed by atoms with E-state index in [1.54, 1.807) is 0 Å². The maximum absolute atomic E-state index is 13.4. The number of aromatic nitrogens is 3. The van der Waals surface area contributed by atoms with Crippen LogP contribution in [0.15, 0.2) is 33.6 Å². The molecule has 7 nitrogen and oxygen atoms in total. The zero-order valence-corrected chi connectivity index (χ0v) is 14.1. The van der Waals surface area contributed by atoms with Crippen molar-refractivity contribution in [3.05, 3.63) is 46.2 Å². The maximum atomic E-state index is 13.4. The Kier molecular flexibility index (Phi) is 4.13. The number of nitrogens with one attached hydrogen (secondary N) is 1. The molecule has 2 aromatic heterocycles. The van der Waals surface area contributed by atoms with Gasteiger partial charge >= 0.3 is 11.9 Å². The van der Waals surface area contributed by atoms with Crippen molar-refractivity contribution in [2.45, 2.75) is 26.1 Å². The third-order valence-electron chi connectivity index (χ3n) is 3.85. The third-order valence-corrected chi connectivity index (χ3v) is 3.85. The number of amides is 1. The van der Waals surface area contributed by atoms with Crippen LogP contribution in [0.4, 0.5) is 18.9 Å². The number of anilines is 1. The number of rotatable bonds is 3. The van der Waals surface area contributed by atoms with Gasteiger partial charge in [-0.25, -0.2) is 4.79 Å². The lowest BCUT2D eigenvalue weighted by molar-refractivity contribution is -0.145. The summed E-state index contributed by atoms with van der Waals surface area (Å²) in [6, 6.07) is 3.80. The number of oxazole rings is 1. The zero-order valence-electron chi connectivity index (χ0n) is 14.1. The molecule has 0 spiro atoms. The number of fused-ring (bicyclic) bond motifs is 1. The number of carbonyl (C=O) groups excluding carboxylic acids is 1. The minimum Gasteiger partial charge on any atom is -0.408 e. The molecule has 0 bridgehead atoms. The molecule has 0 fully saturated rings. The van der Waals surface area contributed by atoms with E-state index in [0.29, 0.717) is 5.52 Å². The summed E-state index contributed by atoms with van der Waals surface area (Å²) in [5, 5.41) is 6.06. The molecule has 0 saturated carbocycles. The second-order valence-electron chi connectivity index (χ2n) is 6.01. The van der Waals surface area contributed by atoms with E-state index in [9.17, 15) is 22.8 Å². The fourth-order valence-electron chi connectivity index (χ4n) is 2.61. The van der Waals surface area contributed by atoms with Crippen LogP contribution in [-0.4, -0.2) is 20.3 Å². The van der Waals surface area contributed by atoms with Crippen LogP contribution in [0.25, 0.3) is 11.1 Å². The SMILES string of the molecule is CC(C)n1ncc(C(=O)Nc2ccc3c(c2)oc(=O)n3C)c1C(F)(F)F. The fraction of sp³-hybridized carbons (Fsp3) is 0.312. The molecule has 0 aliphatic heterocycles. The van der Waals surface area contributed by atoms with Gasteiger partial charge in [0.05, 0.1) is 17.3 Å². The van der Waals surface area contributed by atoms with Crippen LogP contribution in [0.1, 0.15) is 35.9 Å². The number of carbonyl (C=O) groups is 1. The summed E-state index contributed by atoms with van der Waals surface area (Å²) in [4.78, 5) is 23.9. The Balaban J connectivity index is 1.97. The summed E-state index contributed by atoms with van der Waals surface area (Å²) in [7, 11) is 1.52. The Morgan fingerprint density at radius 3 is 2.62 bits per heavy atom. The van der Waals surface area contributed by atoms with Crippen LogP contribution in [-0.2, 0) is 13.2 Å². The number of alkyl halides is 3. The molecule has 0 unspecified atom stereocenters. The molecular weight excluding hydrogens is 353 g/mol. The van der Waals surface area contributed by atoms with Gasteiger partial charge in [-0.2, -0.15) is 18.3 Å². The molecule has 0 radical (unpaired) electrons. The molecule has 0 saturated heterocycles. The van der Waals surface area contributed by atoms with Crippen LogP contribution in [0, 0.1) is 0 Å². The lowest BCUT2D eigenvalue weighted by Gasteiger charge is -2.15. The Bertz CT molecular complexity index is 1040. The van der Waals surface area contributed by atoms with Crippen LogP contribution < -0.4 is 11.1 Å². The first-order valence-electron chi connectivity index (χ1n) is 7.65. The monoisotopic (exact) mass is 368 g/mol. The summed E-state index contributed by atoms with van der Waals surface area (Å²) in [6.07, 6.45) is -3.84. The van der Waals surface area contributed by atoms with Crippen molar-refractivity contribution < 1.29 is 22.4 Å². The Morgan fingerprint density at radius 2 is 2.00 bits per heavy atom. The molecule has 0 atom stereocenters. The Hall–Kier alpha value is -3.04. The van der Waals surface area contributed by atoms with Crippen molar-refractivity contribution in [2.24, 2.45) is 7.05 Å². The average Bonchev–Trinajstić information content (AvgIpc) is 3.10. The fourth-order valence-corrected chi connectivity index (χ4v) is 2.61. The third kappa shape index (κ3) is 2.98. The smallest absolute Gasteiger partial charge is 0.408 e. The molecule has 1 aromatic carbocycles. The quantitative estimate of drug-likeness (QED) is 0.770. The van der Waals surface area contributed by atoms with E-state index in [1.807, 2.05) is 0 Å². The summed E-state index contributed by atoms with van der Waals surface area (Å²) < 4.78 is 47.1. The lowest BCUT2D eigenvalue weighted by Crippen LogP contribution is -2.22. The van der Waals surface area contributed by atoms with Crippen LogP contribution >= 0.6 is 0 Å². The van der Waals surface area contributed by atoms with E-state index < -0.39 is 35.1 Å². The lowest BCUT2D eigenvalue weighted by atomic mass is 10.2. The highest BCUT2D eigenvalue weighted by Crippen LogP contribution is 2.34. The predicted molar refractivity (Wildman–Crippen MR) is 87.0 cm³/mol. The summed E-state index contributed by atoms with van der Waals surface area (Å²) in [5.74, 6) is -1.54. The van der Waals surface area contributed by atoms with Crippen molar-refractivity contribution in [1.29, 1.82) is 0 Å². The van der Waals surface area contributed by atoms with Crippen LogP contribution in [0.2, 0.25) is 0 Å². The number of hydrogen-bond donors (Lipinski definition) is 1. The van der Waals surface area contributed by atoms with Gasteiger partial charge in [0.25, 0.3) is 5.91 Å². The normalized spacial score (nSPS) is 12.1. The van der Waals surface area contributed by atoms with E-state index in [-0.39, 0.29) is 11.3 Å². The second kappa shape index (κ2) is 6.04. The number of nitrogens with zero attached hydrogens (tertiary/aromatic N) is 3. The van der Waals surface area contributed by atoms with E-state index >= 15 is 0 Å². The molecule has 1 N–H and O–H groups in total. The maximum Gasteiger partial charge on any atom is 0.433 e. The highest BCUT2D eigenvalue weighted by Gasteiger charge is 2.40. The molecule has 1 amide bonds. The van der Waals surface area contributed by atoms with E-state index in [4.69, 9.17) is 4.42 Å². The number of aryl methyl sites for hydroxylation is 1. The van der Waals surface area contributed by atoms with Crippen LogP contribution in [0.5, 0.6) is 0 Å². The van der Waals surface area contributed by atoms with Crippen LogP contribution in [0.3, 0.4) is 0 Å². The molecule has 2 heterocycles. The highest BCUT2D eigenvalue weighted by atomic mass is 19.4. The number of halogens is 3. The van der Waals surface area contributed by atoms with Gasteiger partial charge in [0.2, 0.25) is 0 Å². The number of benzene rings is 1. The summed E-state index contributed by atoms with van der Waals surface area (Å²) >= 11 is 0. The van der Waals surface area contributed by atoms with Gasteiger partial charge in [0.1, 0.15) is 0 Å². The molecular formula is C16H15F3N4O3. The van der Waals surface area contributed by atoms with Gasteiger partial charge < -0.3 is 9.73 Å². The molecule has 0 aliphatic rings. The Labute approximate surface area is 145 Å². The van der Waals surface area contributed by atoms with Crippen molar-refractivity contribution in [1.82, 2.24) is 14.3 Å². The van der Waals surface area contributed by atoms with Crippen molar-refractivity contribution >= 4 is 22.7 Å². The molecule has 3 rings (SSSR count). The molecule has 26 heavy (non-hydrogen) atoms. The average molecular weight is 368 g/mol. The van der Waals surface area contributed by atoms with E-state index in [1.165, 1.54) is 43.7 Å². The van der Waals surface area contributed by atoms with Gasteiger partial charge in [-0.1, -0.05) is 0 Å². The van der Waals surface area contributed by atoms with Gasteiger partial charge in [-0.3, -0.25) is 14.0 Å². The van der Waals surface area contributed by atoms with Gasteiger partial charge in [-0.15, -0.1) is 0 Å². The second-order valence-corrected chi connectivity index (χ2v) is 6.01. The highest BCUT2D eigenvalue weighted by molar-refractivity contribution is 6.05. The molecule has 0 aliphatic carbocycles. The molecule has 138 valence electrons. The molecule has 10 heteroatoms. The first kappa shape index (κ1) is 17.8. The van der Waals surface area contributed by atoms with Gasteiger partial charge in [0, 0.05) is 24.8 Å². The van der Waals surface area contributed by atoms with E-state index in [0.717, 1.165) is 10.9 Å². The van der Waals surface area contributed by atoms with Gasteiger partial charge in [-0.05, 0) is 26.0 Å². The standard InChI is InChI=1S/C16H15F3N4O3/c1-8(2)23-13(16(17,18)19)10(7-20-23)14(24)21-9-4-5-11-12(6-9)26-15(25)22(11)3/h4-8H,1-3H3,(H,21,24). The summed E-state index contributed by atoms with van der Waals surface area (Å²) in [5.41, 5.74) is -0.791. The first-order valence-corrected chi connectivity index (χ1v) is 7.65. The minimum absolute atomic E-state index is 0.197. The van der Waals surface area contributed by atoms with Gasteiger partial charge in [0.15, 0.2) is 11.3 Å². The molecule has 3 aromatic rings. The van der Waals surface area contributed by atoms with Crippen molar-refractivity contribution in [3.63, 3.8) is 0 Å². The topological polar surface area (TPSA) is 82.1 Å². The largest absolute Gasteiger partial charge is 0.433 e. The van der Waals surface area contributed by atoms with Crippen molar-refractivity contribution in [2.75, 3.05) is 5.32 Å². The zero-order chi connectivity index (χ0) is 19.2. The predicted octanol–water partition coefficient (Wildman–Crippen LogP) is 3.18. The first-order chi connectivity index (χ1) is 12.1. The summed E-state index contributed by atoms with van der Waals surface area (Å²) in [6.45, 7) is 3.07. The Morgan fingerprint density at radius 1 is 1.31 bits per heavy atom. The minimum atomic E-state index is -4.73. The number of hydrogen-bond acceptors (Lipinski definition) is 4. The van der Waals surface area contributed by atoms with E-state index in [2.05, 4.69) is 10.4 Å². The van der Waals surface area contributed by atoms with Crippen molar-refractivity contribution in [3.8, 4) is 0 Å².